The fourth-order valence-electron chi connectivity index (χ4n) is 1.89. The maximum Gasteiger partial charge on any atom is 0.240 e. The smallest absolute Gasteiger partial charge is 0.240 e. The van der Waals surface area contributed by atoms with Gasteiger partial charge in [-0.3, -0.25) is 0 Å². The van der Waals surface area contributed by atoms with E-state index in [0.717, 1.165) is 11.3 Å². The first kappa shape index (κ1) is 15.2. The minimum absolute atomic E-state index is 0.172. The van der Waals surface area contributed by atoms with Gasteiger partial charge in [0.05, 0.1) is 11.5 Å². The molecule has 6 heteroatoms. The summed E-state index contributed by atoms with van der Waals surface area (Å²) in [6.07, 6.45) is 0.889. The fraction of sp³-hybridized carbons (Fsp3) is 0.286. The second-order valence-corrected chi connectivity index (χ2v) is 7.12. The third kappa shape index (κ3) is 3.46. The highest BCUT2D eigenvalue weighted by Crippen LogP contribution is 2.18. The van der Waals surface area contributed by atoms with Crippen LogP contribution in [-0.2, 0) is 29.6 Å². The first-order chi connectivity index (χ1) is 9.56. The molecule has 0 radical (unpaired) electrons. The molecule has 20 heavy (non-hydrogen) atoms. The fourth-order valence-corrected chi connectivity index (χ4v) is 3.96. The van der Waals surface area contributed by atoms with Crippen LogP contribution in [0.5, 0.6) is 0 Å². The molecular weight excluding hydrogens is 294 g/mol. The van der Waals surface area contributed by atoms with Crippen molar-refractivity contribution >= 4 is 21.4 Å². The lowest BCUT2D eigenvalue weighted by Crippen LogP contribution is -2.23. The number of sulfonamides is 1. The molecule has 0 spiro atoms. The first-order valence-electron chi connectivity index (χ1n) is 6.31. The van der Waals surface area contributed by atoms with Gasteiger partial charge < -0.3 is 5.11 Å². The van der Waals surface area contributed by atoms with Crippen molar-refractivity contribution in [1.29, 1.82) is 0 Å². The van der Waals surface area contributed by atoms with E-state index >= 15 is 0 Å². The molecule has 4 nitrogen and oxygen atoms in total. The van der Waals surface area contributed by atoms with Gasteiger partial charge in [-0.25, -0.2) is 13.1 Å². The molecule has 1 aromatic carbocycles. The molecule has 0 fully saturated rings. The topological polar surface area (TPSA) is 66.4 Å². The summed E-state index contributed by atoms with van der Waals surface area (Å²) >= 11 is 1.55. The van der Waals surface area contributed by atoms with Crippen molar-refractivity contribution < 1.29 is 13.5 Å². The normalized spacial score (nSPS) is 11.7. The SMILES string of the molecule is CCc1ccsc1CNS(=O)(=O)c1cccc(CO)c1. The van der Waals surface area contributed by atoms with Crippen molar-refractivity contribution in [1.82, 2.24) is 4.72 Å². The summed E-state index contributed by atoms with van der Waals surface area (Å²) in [5.74, 6) is 0. The minimum Gasteiger partial charge on any atom is -0.392 e. The van der Waals surface area contributed by atoms with Gasteiger partial charge in [-0.1, -0.05) is 19.1 Å². The number of hydrogen-bond acceptors (Lipinski definition) is 4. The summed E-state index contributed by atoms with van der Waals surface area (Å²) in [5.41, 5.74) is 1.75. The number of nitrogens with one attached hydrogen (secondary N) is 1. The Morgan fingerprint density at radius 1 is 1.30 bits per heavy atom. The van der Waals surface area contributed by atoms with Crippen molar-refractivity contribution in [2.24, 2.45) is 0 Å². The molecule has 0 aliphatic rings. The van der Waals surface area contributed by atoms with Crippen LogP contribution in [0, 0.1) is 0 Å². The predicted molar refractivity (Wildman–Crippen MR) is 80.1 cm³/mol. The number of benzene rings is 1. The Morgan fingerprint density at radius 3 is 2.80 bits per heavy atom. The third-order valence-corrected chi connectivity index (χ3v) is 5.39. The van der Waals surface area contributed by atoms with E-state index in [9.17, 15) is 8.42 Å². The van der Waals surface area contributed by atoms with Crippen molar-refractivity contribution in [2.45, 2.75) is 31.4 Å². The van der Waals surface area contributed by atoms with Crippen LogP contribution in [0.2, 0.25) is 0 Å². The van der Waals surface area contributed by atoms with Gasteiger partial charge in [-0.15, -0.1) is 11.3 Å². The second-order valence-electron chi connectivity index (χ2n) is 4.35. The number of thiophene rings is 1. The number of aryl methyl sites for hydroxylation is 1. The summed E-state index contributed by atoms with van der Waals surface area (Å²) in [6.45, 7) is 2.17. The second kappa shape index (κ2) is 6.49. The van der Waals surface area contributed by atoms with Crippen LogP contribution >= 0.6 is 11.3 Å². The number of rotatable bonds is 6. The molecule has 2 N–H and O–H groups in total. The van der Waals surface area contributed by atoms with Crippen LogP contribution in [-0.4, -0.2) is 13.5 Å². The van der Waals surface area contributed by atoms with E-state index in [1.54, 1.807) is 23.5 Å². The zero-order valence-corrected chi connectivity index (χ0v) is 12.8. The Bertz CT molecular complexity index is 677. The Kier molecular flexibility index (Phi) is 4.93. The standard InChI is InChI=1S/C14H17NO3S2/c1-2-12-6-7-19-14(12)9-15-20(17,18)13-5-3-4-11(8-13)10-16/h3-8,15-16H,2,9-10H2,1H3. The van der Waals surface area contributed by atoms with E-state index in [1.807, 2.05) is 18.4 Å². The van der Waals surface area contributed by atoms with E-state index in [2.05, 4.69) is 4.72 Å². The average molecular weight is 311 g/mol. The molecule has 0 saturated heterocycles. The summed E-state index contributed by atoms with van der Waals surface area (Å²) in [6, 6.07) is 8.34. The van der Waals surface area contributed by atoms with Crippen LogP contribution in [0.4, 0.5) is 0 Å². The van der Waals surface area contributed by atoms with Gasteiger partial charge in [0.25, 0.3) is 0 Å². The highest BCUT2D eigenvalue weighted by Gasteiger charge is 2.15. The molecule has 2 rings (SSSR count). The van der Waals surface area contributed by atoms with Crippen molar-refractivity contribution in [3.63, 3.8) is 0 Å². The summed E-state index contributed by atoms with van der Waals surface area (Å²) in [5, 5.41) is 11.0. The van der Waals surface area contributed by atoms with E-state index in [-0.39, 0.29) is 11.5 Å². The van der Waals surface area contributed by atoms with E-state index < -0.39 is 10.0 Å². The van der Waals surface area contributed by atoms with Crippen molar-refractivity contribution in [3.8, 4) is 0 Å². The molecule has 0 atom stereocenters. The largest absolute Gasteiger partial charge is 0.392 e. The van der Waals surface area contributed by atoms with Crippen molar-refractivity contribution in [2.75, 3.05) is 0 Å². The number of aliphatic hydroxyl groups excluding tert-OH is 1. The third-order valence-electron chi connectivity index (χ3n) is 3.03. The van der Waals surface area contributed by atoms with Crippen molar-refractivity contribution in [3.05, 3.63) is 51.7 Å². The summed E-state index contributed by atoms with van der Waals surface area (Å²) in [7, 11) is -3.55. The van der Waals surface area contributed by atoms with E-state index in [0.29, 0.717) is 12.1 Å². The van der Waals surface area contributed by atoms with Gasteiger partial charge in [-0.2, -0.15) is 0 Å². The lowest BCUT2D eigenvalue weighted by molar-refractivity contribution is 0.281. The van der Waals surface area contributed by atoms with Gasteiger partial charge in [0, 0.05) is 11.4 Å². The highest BCUT2D eigenvalue weighted by atomic mass is 32.2. The Morgan fingerprint density at radius 2 is 2.10 bits per heavy atom. The molecule has 0 unspecified atom stereocenters. The van der Waals surface area contributed by atoms with Crippen LogP contribution in [0.3, 0.4) is 0 Å². The monoisotopic (exact) mass is 311 g/mol. The Hall–Kier alpha value is -1.21. The molecular formula is C14H17NO3S2. The quantitative estimate of drug-likeness (QED) is 0.860. The van der Waals surface area contributed by atoms with Crippen LogP contribution in [0.1, 0.15) is 22.9 Å². The van der Waals surface area contributed by atoms with E-state index in [1.165, 1.54) is 17.7 Å². The Balaban J connectivity index is 2.15. The zero-order valence-electron chi connectivity index (χ0n) is 11.2. The molecule has 0 aliphatic carbocycles. The van der Waals surface area contributed by atoms with Gasteiger partial charge in [0.2, 0.25) is 10.0 Å². The molecule has 0 bridgehead atoms. The number of aliphatic hydroxyl groups is 1. The number of hydrogen-bond donors (Lipinski definition) is 2. The van der Waals surface area contributed by atoms with Crippen LogP contribution < -0.4 is 4.72 Å². The maximum atomic E-state index is 12.2. The lowest BCUT2D eigenvalue weighted by Gasteiger charge is -2.08. The van der Waals surface area contributed by atoms with Gasteiger partial charge in [0.15, 0.2) is 0 Å². The van der Waals surface area contributed by atoms with Gasteiger partial charge in [0.1, 0.15) is 0 Å². The highest BCUT2D eigenvalue weighted by molar-refractivity contribution is 7.89. The summed E-state index contributed by atoms with van der Waals surface area (Å²) in [4.78, 5) is 1.22. The van der Waals surface area contributed by atoms with Gasteiger partial charge in [-0.05, 0) is 41.1 Å². The molecule has 1 heterocycles. The predicted octanol–water partition coefficient (Wildman–Crippen LogP) is 2.28. The zero-order chi connectivity index (χ0) is 14.6. The lowest BCUT2D eigenvalue weighted by atomic mass is 10.2. The first-order valence-corrected chi connectivity index (χ1v) is 8.68. The van der Waals surface area contributed by atoms with E-state index in [4.69, 9.17) is 5.11 Å². The maximum absolute atomic E-state index is 12.2. The van der Waals surface area contributed by atoms with Crippen LogP contribution in [0.25, 0.3) is 0 Å². The molecule has 0 aliphatic heterocycles. The average Bonchev–Trinajstić information content (AvgIpc) is 2.93. The Labute approximate surface area is 123 Å². The van der Waals surface area contributed by atoms with Gasteiger partial charge >= 0.3 is 0 Å². The minimum atomic E-state index is -3.55. The molecule has 0 saturated carbocycles. The molecule has 1 aromatic heterocycles. The molecule has 0 amide bonds. The summed E-state index contributed by atoms with van der Waals surface area (Å²) < 4.78 is 27.0. The molecule has 108 valence electrons. The van der Waals surface area contributed by atoms with Crippen LogP contribution in [0.15, 0.2) is 40.6 Å². The molecule has 2 aromatic rings.